The van der Waals surface area contributed by atoms with Crippen molar-refractivity contribution < 1.29 is 13.9 Å². The van der Waals surface area contributed by atoms with Gasteiger partial charge in [0.25, 0.3) is 0 Å². The molecule has 2 atom stereocenters. The first-order valence-corrected chi connectivity index (χ1v) is 10.1. The maximum absolute atomic E-state index is 12.7. The van der Waals surface area contributed by atoms with Crippen LogP contribution in [0.5, 0.6) is 0 Å². The van der Waals surface area contributed by atoms with Gasteiger partial charge in [-0.2, -0.15) is 0 Å². The van der Waals surface area contributed by atoms with Gasteiger partial charge in [-0.05, 0) is 49.4 Å². The van der Waals surface area contributed by atoms with Crippen LogP contribution in [0, 0.1) is 23.7 Å². The number of carbonyl (C=O) groups excluding carboxylic acids is 1. The Morgan fingerprint density at radius 2 is 2.12 bits per heavy atom. The number of carbonyl (C=O) groups is 1. The van der Waals surface area contributed by atoms with Crippen LogP contribution in [0.2, 0.25) is 0 Å². The summed E-state index contributed by atoms with van der Waals surface area (Å²) in [5.74, 6) is 1.31. The highest BCUT2D eigenvalue weighted by molar-refractivity contribution is 5.83. The number of hydrogen-bond acceptors (Lipinski definition) is 5. The minimum absolute atomic E-state index is 0.235. The summed E-state index contributed by atoms with van der Waals surface area (Å²) in [5, 5.41) is 3.40. The van der Waals surface area contributed by atoms with E-state index in [0.29, 0.717) is 23.1 Å². The van der Waals surface area contributed by atoms with Gasteiger partial charge in [-0.25, -0.2) is 4.98 Å². The molecule has 1 N–H and O–H groups in total. The largest absolute Gasteiger partial charge is 0.449 e. The molecule has 5 rings (SSSR count). The Hall–Kier alpha value is -1.40. The van der Waals surface area contributed by atoms with E-state index < -0.39 is 0 Å². The van der Waals surface area contributed by atoms with E-state index in [9.17, 15) is 4.79 Å². The summed E-state index contributed by atoms with van der Waals surface area (Å²) >= 11 is 0. The van der Waals surface area contributed by atoms with Crippen LogP contribution in [-0.2, 0) is 16.1 Å². The van der Waals surface area contributed by atoms with Gasteiger partial charge in [-0.15, -0.1) is 0 Å². The monoisotopic (exact) mass is 359 g/mol. The molecule has 6 nitrogen and oxygen atoms in total. The van der Waals surface area contributed by atoms with Crippen molar-refractivity contribution in [3.8, 4) is 0 Å². The van der Waals surface area contributed by atoms with Crippen molar-refractivity contribution in [2.24, 2.45) is 16.7 Å². The number of amides is 1. The number of nitrogens with zero attached hydrogens (tertiary/aromatic N) is 2. The highest BCUT2D eigenvalue weighted by Crippen LogP contribution is 2.70. The standard InChI is InChI=1S/C20H29N3O3/c1-14-21-16(12-26-14)11-23-10-15(8-19(13-23)4-6-25-7-5-19)22-18(24)17-9-20(17)2-3-20/h12,15,17H,2-11,13H2,1H3,(H,22,24). The molecule has 2 aliphatic carbocycles. The molecule has 1 amide bonds. The topological polar surface area (TPSA) is 67.6 Å². The van der Waals surface area contributed by atoms with Gasteiger partial charge in [0.2, 0.25) is 5.91 Å². The van der Waals surface area contributed by atoms with Crippen LogP contribution in [0.25, 0.3) is 0 Å². The van der Waals surface area contributed by atoms with E-state index in [-0.39, 0.29) is 11.5 Å². The zero-order valence-corrected chi connectivity index (χ0v) is 15.6. The molecule has 142 valence electrons. The van der Waals surface area contributed by atoms with Crippen LogP contribution < -0.4 is 5.32 Å². The summed E-state index contributed by atoms with van der Waals surface area (Å²) in [6.45, 7) is 6.31. The molecule has 2 saturated carbocycles. The lowest BCUT2D eigenvalue weighted by molar-refractivity contribution is -0.124. The highest BCUT2D eigenvalue weighted by Gasteiger charge is 2.65. The lowest BCUT2D eigenvalue weighted by atomic mass is 9.72. The molecular weight excluding hydrogens is 330 g/mol. The molecule has 4 fully saturated rings. The fourth-order valence-corrected chi connectivity index (χ4v) is 5.33. The van der Waals surface area contributed by atoms with Crippen molar-refractivity contribution in [1.82, 2.24) is 15.2 Å². The average Bonchev–Trinajstić information content (AvgIpc) is 3.50. The number of ether oxygens (including phenoxy) is 1. The summed E-state index contributed by atoms with van der Waals surface area (Å²) in [4.78, 5) is 19.6. The minimum Gasteiger partial charge on any atom is -0.449 e. The van der Waals surface area contributed by atoms with Crippen molar-refractivity contribution in [3.05, 3.63) is 17.8 Å². The Bertz CT molecular complexity index is 690. The SMILES string of the molecule is Cc1nc(CN2CC(NC(=O)C3CC34CC4)CC3(CCOCC3)C2)co1. The molecule has 3 heterocycles. The number of oxazole rings is 1. The third-order valence-corrected chi connectivity index (χ3v) is 7.07. The zero-order chi connectivity index (χ0) is 17.8. The number of aromatic nitrogens is 1. The van der Waals surface area contributed by atoms with E-state index in [1.165, 1.54) is 12.8 Å². The van der Waals surface area contributed by atoms with E-state index in [0.717, 1.165) is 64.2 Å². The third kappa shape index (κ3) is 3.18. The third-order valence-electron chi connectivity index (χ3n) is 7.07. The lowest BCUT2D eigenvalue weighted by Gasteiger charge is -2.48. The number of piperidine rings is 1. The minimum atomic E-state index is 0.235. The Morgan fingerprint density at radius 1 is 1.31 bits per heavy atom. The Morgan fingerprint density at radius 3 is 2.77 bits per heavy atom. The normalized spacial score (nSPS) is 31.9. The van der Waals surface area contributed by atoms with Crippen LogP contribution >= 0.6 is 0 Å². The molecule has 1 aromatic heterocycles. The smallest absolute Gasteiger partial charge is 0.223 e. The fourth-order valence-electron chi connectivity index (χ4n) is 5.33. The number of nitrogens with one attached hydrogen (secondary N) is 1. The molecule has 2 spiro atoms. The van der Waals surface area contributed by atoms with Crippen molar-refractivity contribution in [3.63, 3.8) is 0 Å². The maximum Gasteiger partial charge on any atom is 0.223 e. The van der Waals surface area contributed by atoms with Gasteiger partial charge in [0.05, 0.1) is 5.69 Å². The van der Waals surface area contributed by atoms with E-state index in [2.05, 4.69) is 15.2 Å². The summed E-state index contributed by atoms with van der Waals surface area (Å²) in [6.07, 6.45) is 8.64. The van der Waals surface area contributed by atoms with Crippen molar-refractivity contribution >= 4 is 5.91 Å². The van der Waals surface area contributed by atoms with Crippen LogP contribution in [0.4, 0.5) is 0 Å². The van der Waals surface area contributed by atoms with Crippen molar-refractivity contribution in [2.45, 2.75) is 58.0 Å². The Labute approximate surface area is 154 Å². The van der Waals surface area contributed by atoms with E-state index in [4.69, 9.17) is 9.15 Å². The van der Waals surface area contributed by atoms with Gasteiger partial charge in [0, 0.05) is 51.7 Å². The van der Waals surface area contributed by atoms with Gasteiger partial charge in [0.1, 0.15) is 6.26 Å². The molecule has 2 unspecified atom stereocenters. The summed E-state index contributed by atoms with van der Waals surface area (Å²) < 4.78 is 11.0. The van der Waals surface area contributed by atoms with E-state index in [1.807, 2.05) is 6.92 Å². The molecule has 0 bridgehead atoms. The van der Waals surface area contributed by atoms with Crippen LogP contribution in [0.15, 0.2) is 10.7 Å². The first kappa shape index (κ1) is 16.8. The molecule has 26 heavy (non-hydrogen) atoms. The zero-order valence-electron chi connectivity index (χ0n) is 15.6. The molecule has 2 aliphatic heterocycles. The summed E-state index contributed by atoms with van der Waals surface area (Å²) in [6, 6.07) is 0.235. The second-order valence-corrected chi connectivity index (χ2v) is 9.17. The van der Waals surface area contributed by atoms with Crippen molar-refractivity contribution in [2.75, 3.05) is 26.3 Å². The van der Waals surface area contributed by atoms with Crippen LogP contribution in [-0.4, -0.2) is 48.1 Å². The number of hydrogen-bond donors (Lipinski definition) is 1. The van der Waals surface area contributed by atoms with Gasteiger partial charge in [-0.3, -0.25) is 9.69 Å². The molecule has 4 aliphatic rings. The maximum atomic E-state index is 12.7. The highest BCUT2D eigenvalue weighted by atomic mass is 16.5. The Balaban J connectivity index is 1.28. The predicted octanol–water partition coefficient (Wildman–Crippen LogP) is 2.27. The fraction of sp³-hybridized carbons (Fsp3) is 0.800. The van der Waals surface area contributed by atoms with Crippen LogP contribution in [0.3, 0.4) is 0 Å². The number of rotatable bonds is 4. The molecule has 6 heteroatoms. The summed E-state index contributed by atoms with van der Waals surface area (Å²) in [7, 11) is 0. The van der Waals surface area contributed by atoms with E-state index >= 15 is 0 Å². The van der Waals surface area contributed by atoms with Gasteiger partial charge < -0.3 is 14.5 Å². The quantitative estimate of drug-likeness (QED) is 0.893. The second kappa shape index (κ2) is 6.06. The lowest BCUT2D eigenvalue weighted by Crippen LogP contribution is -2.56. The average molecular weight is 359 g/mol. The number of aryl methyl sites for hydroxylation is 1. The molecule has 1 aromatic rings. The van der Waals surface area contributed by atoms with E-state index in [1.54, 1.807) is 6.26 Å². The second-order valence-electron chi connectivity index (χ2n) is 9.17. The van der Waals surface area contributed by atoms with Gasteiger partial charge in [0.15, 0.2) is 5.89 Å². The molecule has 0 radical (unpaired) electrons. The summed E-state index contributed by atoms with van der Waals surface area (Å²) in [5.41, 5.74) is 1.66. The Kier molecular flexibility index (Phi) is 3.90. The molecular formula is C20H29N3O3. The van der Waals surface area contributed by atoms with Crippen molar-refractivity contribution in [1.29, 1.82) is 0 Å². The van der Waals surface area contributed by atoms with Gasteiger partial charge in [-0.1, -0.05) is 0 Å². The first-order valence-electron chi connectivity index (χ1n) is 10.1. The predicted molar refractivity (Wildman–Crippen MR) is 95.3 cm³/mol. The molecule has 0 aromatic carbocycles. The van der Waals surface area contributed by atoms with Gasteiger partial charge >= 0.3 is 0 Å². The number of likely N-dealkylation sites (tertiary alicyclic amines) is 1. The molecule has 2 saturated heterocycles. The van der Waals surface area contributed by atoms with Crippen LogP contribution in [0.1, 0.15) is 50.1 Å². The first-order chi connectivity index (χ1) is 12.6.